The van der Waals surface area contributed by atoms with Crippen LogP contribution in [0.4, 0.5) is 0 Å². The topological polar surface area (TPSA) is 130 Å². The molecule has 5 N–H and O–H groups in total. The molecule has 0 aliphatic heterocycles. The quantitative estimate of drug-likeness (QED) is 0.472. The van der Waals surface area contributed by atoms with Gasteiger partial charge in [0.15, 0.2) is 6.10 Å². The second kappa shape index (κ2) is 8.50. The molecule has 0 bridgehead atoms. The van der Waals surface area contributed by atoms with Gasteiger partial charge < -0.3 is 25.9 Å². The Morgan fingerprint density at radius 3 is 2.68 bits per heavy atom. The molecule has 0 spiro atoms. The number of nitrogens with zero attached hydrogens (tertiary/aromatic N) is 1. The molecule has 22 heavy (non-hydrogen) atoms. The third-order valence-electron chi connectivity index (χ3n) is 3.21. The number of H-pyrrole nitrogens is 1. The molecule has 0 aliphatic carbocycles. The molecular formula is C14H24N4O4. The summed E-state index contributed by atoms with van der Waals surface area (Å²) in [5.74, 6) is -1.05. The first kappa shape index (κ1) is 18.1. The Balaban J connectivity index is 2.66. The van der Waals surface area contributed by atoms with Crippen LogP contribution in [0.15, 0.2) is 12.5 Å². The molecule has 3 atom stereocenters. The molecule has 1 aromatic rings. The molecule has 0 saturated carbocycles. The van der Waals surface area contributed by atoms with E-state index in [-0.39, 0.29) is 12.3 Å². The summed E-state index contributed by atoms with van der Waals surface area (Å²) in [5, 5.41) is 12.6. The number of aromatic amines is 1. The number of aliphatic hydroxyl groups is 1. The lowest BCUT2D eigenvalue weighted by atomic mass is 9.98. The van der Waals surface area contributed by atoms with Gasteiger partial charge in [-0.15, -0.1) is 0 Å². The Labute approximate surface area is 129 Å². The first-order valence-electron chi connectivity index (χ1n) is 7.14. The lowest BCUT2D eigenvalue weighted by molar-refractivity contribution is -0.152. The van der Waals surface area contributed by atoms with Gasteiger partial charge in [0.05, 0.1) is 25.5 Å². The Hall–Kier alpha value is -1.93. The number of nitrogens with one attached hydrogen (secondary N) is 2. The van der Waals surface area contributed by atoms with Crippen LogP contribution in [-0.2, 0) is 20.7 Å². The summed E-state index contributed by atoms with van der Waals surface area (Å²) < 4.78 is 4.52. The van der Waals surface area contributed by atoms with Gasteiger partial charge in [-0.3, -0.25) is 4.79 Å². The van der Waals surface area contributed by atoms with Crippen molar-refractivity contribution >= 4 is 11.9 Å². The zero-order chi connectivity index (χ0) is 16.7. The number of imidazole rings is 1. The number of nitrogens with two attached hydrogens (primary N) is 1. The van der Waals surface area contributed by atoms with Crippen molar-refractivity contribution in [3.05, 3.63) is 18.2 Å². The highest BCUT2D eigenvalue weighted by molar-refractivity contribution is 5.83. The molecule has 0 fully saturated rings. The smallest absolute Gasteiger partial charge is 0.336 e. The number of rotatable bonds is 8. The Bertz CT molecular complexity index is 475. The number of carbonyl (C=O) groups is 2. The van der Waals surface area contributed by atoms with Crippen LogP contribution in [0, 0.1) is 5.92 Å². The van der Waals surface area contributed by atoms with Crippen LogP contribution >= 0.6 is 0 Å². The maximum absolute atomic E-state index is 12.1. The van der Waals surface area contributed by atoms with E-state index in [0.717, 1.165) is 5.69 Å². The number of methoxy groups -OCH3 is 1. The molecule has 1 rings (SSSR count). The fourth-order valence-corrected chi connectivity index (χ4v) is 2.08. The van der Waals surface area contributed by atoms with Crippen molar-refractivity contribution in [2.45, 2.75) is 44.9 Å². The van der Waals surface area contributed by atoms with E-state index in [1.807, 2.05) is 13.8 Å². The standard InChI is InChI=1S/C14H24N4O4/c1-8(2)4-11(12(19)14(21)22-3)18-13(20)10(15)5-9-6-16-7-17-9/h6-8,10-12,19H,4-5,15H2,1-3H3,(H,16,17)(H,18,20)/t10-,11?,12?/m0/s1. The number of esters is 1. The fourth-order valence-electron chi connectivity index (χ4n) is 2.08. The third-order valence-corrected chi connectivity index (χ3v) is 3.21. The second-order valence-corrected chi connectivity index (χ2v) is 5.60. The molecule has 0 aromatic carbocycles. The summed E-state index contributed by atoms with van der Waals surface area (Å²) in [4.78, 5) is 30.3. The second-order valence-electron chi connectivity index (χ2n) is 5.60. The average Bonchev–Trinajstić information content (AvgIpc) is 2.97. The van der Waals surface area contributed by atoms with Gasteiger partial charge >= 0.3 is 5.97 Å². The largest absolute Gasteiger partial charge is 0.467 e. The normalized spacial score (nSPS) is 15.2. The van der Waals surface area contributed by atoms with Crippen molar-refractivity contribution in [2.75, 3.05) is 7.11 Å². The van der Waals surface area contributed by atoms with E-state index in [1.54, 1.807) is 6.20 Å². The molecule has 124 valence electrons. The van der Waals surface area contributed by atoms with E-state index in [4.69, 9.17) is 5.73 Å². The predicted octanol–water partition coefficient (Wildman–Crippen LogP) is -0.656. The van der Waals surface area contributed by atoms with Crippen molar-refractivity contribution in [3.8, 4) is 0 Å². The summed E-state index contributed by atoms with van der Waals surface area (Å²) in [5.41, 5.74) is 6.57. The molecule has 0 aliphatic rings. The van der Waals surface area contributed by atoms with Crippen LogP contribution in [-0.4, -0.2) is 52.2 Å². The number of aromatic nitrogens is 2. The van der Waals surface area contributed by atoms with Gasteiger partial charge in [-0.1, -0.05) is 13.8 Å². The van der Waals surface area contributed by atoms with Crippen LogP contribution in [0.5, 0.6) is 0 Å². The van der Waals surface area contributed by atoms with Crippen LogP contribution in [0.25, 0.3) is 0 Å². The maximum atomic E-state index is 12.1. The third kappa shape index (κ3) is 5.45. The number of aliphatic hydroxyl groups excluding tert-OH is 1. The van der Waals surface area contributed by atoms with Gasteiger partial charge in [0.1, 0.15) is 0 Å². The molecule has 1 aromatic heterocycles. The summed E-state index contributed by atoms with van der Waals surface area (Å²) in [6.07, 6.45) is 2.38. The van der Waals surface area contributed by atoms with Crippen LogP contribution in [0.2, 0.25) is 0 Å². The summed E-state index contributed by atoms with van der Waals surface area (Å²) in [6, 6.07) is -1.55. The Morgan fingerprint density at radius 1 is 1.50 bits per heavy atom. The molecular weight excluding hydrogens is 288 g/mol. The summed E-state index contributed by atoms with van der Waals surface area (Å²) in [7, 11) is 1.18. The van der Waals surface area contributed by atoms with E-state index in [0.29, 0.717) is 6.42 Å². The predicted molar refractivity (Wildman–Crippen MR) is 79.7 cm³/mol. The molecule has 0 saturated heterocycles. The number of amides is 1. The molecule has 1 heterocycles. The lowest BCUT2D eigenvalue weighted by Crippen LogP contribution is -2.53. The average molecular weight is 312 g/mol. The zero-order valence-electron chi connectivity index (χ0n) is 13.1. The number of hydrogen-bond acceptors (Lipinski definition) is 6. The molecule has 8 nitrogen and oxygen atoms in total. The summed E-state index contributed by atoms with van der Waals surface area (Å²) in [6.45, 7) is 3.85. The number of hydrogen-bond donors (Lipinski definition) is 4. The highest BCUT2D eigenvalue weighted by Crippen LogP contribution is 2.10. The van der Waals surface area contributed by atoms with Gasteiger partial charge in [-0.25, -0.2) is 9.78 Å². The minimum Gasteiger partial charge on any atom is -0.467 e. The lowest BCUT2D eigenvalue weighted by Gasteiger charge is -2.25. The van der Waals surface area contributed by atoms with Crippen molar-refractivity contribution in [3.63, 3.8) is 0 Å². The number of carbonyl (C=O) groups excluding carboxylic acids is 2. The first-order valence-corrected chi connectivity index (χ1v) is 7.14. The molecule has 1 amide bonds. The van der Waals surface area contributed by atoms with Crippen LogP contribution in [0.1, 0.15) is 26.0 Å². The Morgan fingerprint density at radius 2 is 2.18 bits per heavy atom. The Kier molecular flexibility index (Phi) is 7.00. The highest BCUT2D eigenvalue weighted by Gasteiger charge is 2.30. The monoisotopic (exact) mass is 312 g/mol. The van der Waals surface area contributed by atoms with E-state index in [9.17, 15) is 14.7 Å². The van der Waals surface area contributed by atoms with E-state index in [2.05, 4.69) is 20.0 Å². The van der Waals surface area contributed by atoms with Gasteiger partial charge in [0.2, 0.25) is 5.91 Å². The minimum atomic E-state index is -1.42. The number of ether oxygens (including phenoxy) is 1. The fraction of sp³-hybridized carbons (Fsp3) is 0.643. The van der Waals surface area contributed by atoms with Crippen LogP contribution in [0.3, 0.4) is 0 Å². The summed E-state index contributed by atoms with van der Waals surface area (Å²) >= 11 is 0. The van der Waals surface area contributed by atoms with Gasteiger partial charge in [0.25, 0.3) is 0 Å². The van der Waals surface area contributed by atoms with E-state index < -0.39 is 30.1 Å². The minimum absolute atomic E-state index is 0.174. The van der Waals surface area contributed by atoms with E-state index >= 15 is 0 Å². The first-order chi connectivity index (χ1) is 10.3. The van der Waals surface area contributed by atoms with Crippen molar-refractivity contribution < 1.29 is 19.4 Å². The highest BCUT2D eigenvalue weighted by atomic mass is 16.5. The zero-order valence-corrected chi connectivity index (χ0v) is 13.1. The SMILES string of the molecule is COC(=O)C(O)C(CC(C)C)NC(=O)[C@@H](N)Cc1cnc[nH]1. The van der Waals surface area contributed by atoms with Gasteiger partial charge in [0, 0.05) is 18.3 Å². The maximum Gasteiger partial charge on any atom is 0.336 e. The van der Waals surface area contributed by atoms with Crippen molar-refractivity contribution in [1.29, 1.82) is 0 Å². The van der Waals surface area contributed by atoms with Gasteiger partial charge in [-0.05, 0) is 12.3 Å². The van der Waals surface area contributed by atoms with Crippen molar-refractivity contribution in [2.24, 2.45) is 11.7 Å². The van der Waals surface area contributed by atoms with Crippen molar-refractivity contribution in [1.82, 2.24) is 15.3 Å². The molecule has 0 radical (unpaired) electrons. The molecule has 2 unspecified atom stereocenters. The van der Waals surface area contributed by atoms with Crippen LogP contribution < -0.4 is 11.1 Å². The van der Waals surface area contributed by atoms with E-state index in [1.165, 1.54) is 13.4 Å². The molecule has 8 heteroatoms. The van der Waals surface area contributed by atoms with Gasteiger partial charge in [-0.2, -0.15) is 0 Å².